The molecule has 0 saturated carbocycles. The lowest BCUT2D eigenvalue weighted by atomic mass is 10.3. The molecule has 1 rings (SSSR count). The Morgan fingerprint density at radius 1 is 1.39 bits per heavy atom. The van der Waals surface area contributed by atoms with Gasteiger partial charge in [0.2, 0.25) is 0 Å². The summed E-state index contributed by atoms with van der Waals surface area (Å²) < 4.78 is 27.9. The average Bonchev–Trinajstić information content (AvgIpc) is 2.36. The van der Waals surface area contributed by atoms with Crippen LogP contribution in [0.15, 0.2) is 23.1 Å². The second-order valence-electron chi connectivity index (χ2n) is 3.85. The van der Waals surface area contributed by atoms with Crippen LogP contribution in [-0.4, -0.2) is 32.8 Å². The first-order chi connectivity index (χ1) is 8.48. The molecule has 0 saturated heterocycles. The number of ether oxygens (including phenoxy) is 1. The highest BCUT2D eigenvalue weighted by atomic mass is 32.2. The number of nitrogens with two attached hydrogens (primary N) is 1. The molecule has 0 unspecified atom stereocenters. The van der Waals surface area contributed by atoms with E-state index in [9.17, 15) is 8.42 Å². The van der Waals surface area contributed by atoms with Crippen molar-refractivity contribution in [3.05, 3.63) is 18.2 Å². The maximum atomic E-state index is 11.3. The van der Waals surface area contributed by atoms with E-state index in [-0.39, 0.29) is 11.5 Å². The number of nitrogen functional groups attached to an aromatic ring is 1. The van der Waals surface area contributed by atoms with Crippen molar-refractivity contribution in [3.8, 4) is 5.75 Å². The summed E-state index contributed by atoms with van der Waals surface area (Å²) in [5.74, 6) is 1.94. The van der Waals surface area contributed by atoms with Gasteiger partial charge in [0.1, 0.15) is 15.6 Å². The van der Waals surface area contributed by atoms with Gasteiger partial charge in [0.05, 0.1) is 12.9 Å². The Morgan fingerprint density at radius 3 is 2.72 bits per heavy atom. The van der Waals surface area contributed by atoms with E-state index >= 15 is 0 Å². The van der Waals surface area contributed by atoms with Crippen LogP contribution in [0.2, 0.25) is 0 Å². The summed E-state index contributed by atoms with van der Waals surface area (Å²) in [4.78, 5) is 0.987. The van der Waals surface area contributed by atoms with E-state index in [2.05, 4.69) is 0 Å². The summed E-state index contributed by atoms with van der Waals surface area (Å²) >= 11 is 1.59. The van der Waals surface area contributed by atoms with Gasteiger partial charge in [-0.25, -0.2) is 8.42 Å². The van der Waals surface area contributed by atoms with Gasteiger partial charge >= 0.3 is 0 Å². The van der Waals surface area contributed by atoms with E-state index in [1.807, 2.05) is 12.1 Å². The lowest BCUT2D eigenvalue weighted by Gasteiger charge is -2.08. The number of benzene rings is 1. The molecule has 18 heavy (non-hydrogen) atoms. The molecule has 0 heterocycles. The smallest absolute Gasteiger partial charge is 0.150 e. The minimum absolute atomic E-state index is 0.211. The van der Waals surface area contributed by atoms with Gasteiger partial charge < -0.3 is 10.5 Å². The maximum Gasteiger partial charge on any atom is 0.150 e. The van der Waals surface area contributed by atoms with E-state index in [0.717, 1.165) is 16.4 Å². The minimum Gasteiger partial charge on any atom is -0.496 e. The number of hydrogen-bond acceptors (Lipinski definition) is 5. The number of hydrogen-bond donors (Lipinski definition) is 1. The molecule has 2 N–H and O–H groups in total. The Bertz CT molecular complexity index is 486. The number of sulfone groups is 1. The fourth-order valence-corrected chi connectivity index (χ4v) is 3.42. The summed E-state index contributed by atoms with van der Waals surface area (Å²) in [6, 6.07) is 5.48. The van der Waals surface area contributed by atoms with Gasteiger partial charge in [-0.3, -0.25) is 0 Å². The highest BCUT2D eigenvalue weighted by Gasteiger charge is 2.08. The molecule has 4 nitrogen and oxygen atoms in total. The molecule has 1 aromatic rings. The second kappa shape index (κ2) is 6.89. The summed E-state index contributed by atoms with van der Waals surface area (Å²) in [6.45, 7) is 1.67. The summed E-state index contributed by atoms with van der Waals surface area (Å²) in [6.07, 6.45) is 0.647. The molecule has 0 radical (unpaired) electrons. The lowest BCUT2D eigenvalue weighted by Crippen LogP contribution is -2.09. The van der Waals surface area contributed by atoms with Crippen molar-refractivity contribution >= 4 is 27.3 Å². The summed E-state index contributed by atoms with van der Waals surface area (Å²) in [7, 11) is -1.26. The van der Waals surface area contributed by atoms with E-state index in [1.54, 1.807) is 31.9 Å². The molecule has 1 aromatic carbocycles. The van der Waals surface area contributed by atoms with Crippen molar-refractivity contribution in [2.45, 2.75) is 18.2 Å². The van der Waals surface area contributed by atoms with Crippen LogP contribution in [0.3, 0.4) is 0 Å². The van der Waals surface area contributed by atoms with Gasteiger partial charge in [0, 0.05) is 22.4 Å². The number of thioether (sulfide) groups is 1. The SMILES string of the molecule is CCS(=O)(=O)CCCSc1ccc(N)cc1OC. The van der Waals surface area contributed by atoms with Crippen molar-refractivity contribution in [1.29, 1.82) is 0 Å². The highest BCUT2D eigenvalue weighted by molar-refractivity contribution is 7.99. The molecule has 0 aliphatic heterocycles. The Labute approximate surface area is 113 Å². The van der Waals surface area contributed by atoms with Gasteiger partial charge in [0.25, 0.3) is 0 Å². The molecular formula is C12H19NO3S2. The van der Waals surface area contributed by atoms with Crippen molar-refractivity contribution in [2.24, 2.45) is 0 Å². The monoisotopic (exact) mass is 289 g/mol. The lowest BCUT2D eigenvalue weighted by molar-refractivity contribution is 0.405. The molecule has 6 heteroatoms. The van der Waals surface area contributed by atoms with Crippen molar-refractivity contribution in [3.63, 3.8) is 0 Å². The molecule has 0 fully saturated rings. The number of anilines is 1. The molecule has 0 spiro atoms. The normalized spacial score (nSPS) is 11.4. The second-order valence-corrected chi connectivity index (χ2v) is 7.46. The van der Waals surface area contributed by atoms with Gasteiger partial charge in [-0.2, -0.15) is 0 Å². The predicted molar refractivity (Wildman–Crippen MR) is 77.1 cm³/mol. The Hall–Kier alpha value is -0.880. The number of rotatable bonds is 7. The average molecular weight is 289 g/mol. The van der Waals surface area contributed by atoms with Crippen LogP contribution in [-0.2, 0) is 9.84 Å². The molecule has 0 aromatic heterocycles. The van der Waals surface area contributed by atoms with Crippen LogP contribution in [0, 0.1) is 0 Å². The minimum atomic E-state index is -2.86. The highest BCUT2D eigenvalue weighted by Crippen LogP contribution is 2.31. The van der Waals surface area contributed by atoms with Crippen molar-refractivity contribution < 1.29 is 13.2 Å². The molecule has 0 bridgehead atoms. The zero-order valence-corrected chi connectivity index (χ0v) is 12.3. The fourth-order valence-electron chi connectivity index (χ4n) is 1.41. The first kappa shape index (κ1) is 15.2. The maximum absolute atomic E-state index is 11.3. The first-order valence-corrected chi connectivity index (χ1v) is 8.56. The van der Waals surface area contributed by atoms with Crippen LogP contribution in [0.25, 0.3) is 0 Å². The van der Waals surface area contributed by atoms with E-state index < -0.39 is 9.84 Å². The zero-order valence-electron chi connectivity index (χ0n) is 10.7. The van der Waals surface area contributed by atoms with Crippen LogP contribution in [0.5, 0.6) is 5.75 Å². The quantitative estimate of drug-likeness (QED) is 0.473. The fraction of sp³-hybridized carbons (Fsp3) is 0.500. The van der Waals surface area contributed by atoms with Gasteiger partial charge in [0.15, 0.2) is 0 Å². The van der Waals surface area contributed by atoms with E-state index in [0.29, 0.717) is 12.1 Å². The van der Waals surface area contributed by atoms with Gasteiger partial charge in [-0.1, -0.05) is 6.92 Å². The number of methoxy groups -OCH3 is 1. The Morgan fingerprint density at radius 2 is 2.11 bits per heavy atom. The molecular weight excluding hydrogens is 270 g/mol. The third-order valence-electron chi connectivity index (χ3n) is 2.48. The topological polar surface area (TPSA) is 69.4 Å². The third kappa shape index (κ3) is 4.78. The van der Waals surface area contributed by atoms with Crippen molar-refractivity contribution in [2.75, 3.05) is 30.1 Å². The predicted octanol–water partition coefficient (Wildman–Crippen LogP) is 2.19. The Kier molecular flexibility index (Phi) is 5.81. The first-order valence-electron chi connectivity index (χ1n) is 5.75. The molecule has 102 valence electrons. The van der Waals surface area contributed by atoms with Crippen LogP contribution in [0.4, 0.5) is 5.69 Å². The van der Waals surface area contributed by atoms with Gasteiger partial charge in [-0.15, -0.1) is 11.8 Å². The third-order valence-corrected chi connectivity index (χ3v) is 5.42. The van der Waals surface area contributed by atoms with Gasteiger partial charge in [-0.05, 0) is 24.3 Å². The van der Waals surface area contributed by atoms with Crippen LogP contribution in [0.1, 0.15) is 13.3 Å². The van der Waals surface area contributed by atoms with Crippen LogP contribution >= 0.6 is 11.8 Å². The standard InChI is InChI=1S/C12H19NO3S2/c1-3-18(14,15)8-4-7-17-12-6-5-10(13)9-11(12)16-2/h5-6,9H,3-4,7-8,13H2,1-2H3. The largest absolute Gasteiger partial charge is 0.496 e. The zero-order chi connectivity index (χ0) is 13.6. The van der Waals surface area contributed by atoms with Crippen molar-refractivity contribution in [1.82, 2.24) is 0 Å². The summed E-state index contributed by atoms with van der Waals surface area (Å²) in [5, 5.41) is 0. The van der Waals surface area contributed by atoms with Crippen LogP contribution < -0.4 is 10.5 Å². The molecule has 0 amide bonds. The molecule has 0 aliphatic carbocycles. The Balaban J connectivity index is 2.49. The van der Waals surface area contributed by atoms with E-state index in [4.69, 9.17) is 10.5 Å². The molecule has 0 aliphatic rings. The van der Waals surface area contributed by atoms with E-state index in [1.165, 1.54) is 0 Å². The summed E-state index contributed by atoms with van der Waals surface area (Å²) in [5.41, 5.74) is 6.32. The molecule has 0 atom stereocenters.